The van der Waals surface area contributed by atoms with Crippen molar-refractivity contribution in [2.24, 2.45) is 0 Å². The zero-order valence-corrected chi connectivity index (χ0v) is 15.4. The van der Waals surface area contributed by atoms with Gasteiger partial charge in [-0.2, -0.15) is 11.0 Å². The van der Waals surface area contributed by atoms with E-state index in [1.807, 2.05) is 0 Å². The lowest BCUT2D eigenvalue weighted by Crippen LogP contribution is -2.32. The first kappa shape index (κ1) is 21.6. The highest BCUT2D eigenvalue weighted by Gasteiger charge is 2.17. The molecule has 0 saturated carbocycles. The van der Waals surface area contributed by atoms with Crippen LogP contribution in [-0.4, -0.2) is 23.4 Å². The molecule has 0 radical (unpaired) electrons. The maximum absolute atomic E-state index is 11.5. The van der Waals surface area contributed by atoms with E-state index in [4.69, 9.17) is 19.1 Å². The molecule has 2 N–H and O–H groups in total. The number of carbonyl (C=O) groups is 2. The summed E-state index contributed by atoms with van der Waals surface area (Å²) < 4.78 is 10.0. The second-order valence-corrected chi connectivity index (χ2v) is 6.84. The Kier molecular flexibility index (Phi) is 8.15. The smallest absolute Gasteiger partial charge is 0.441 e. The van der Waals surface area contributed by atoms with Crippen LogP contribution in [-0.2, 0) is 19.1 Å². The van der Waals surface area contributed by atoms with Crippen LogP contribution in [0.1, 0.15) is 54.9 Å². The highest BCUT2D eigenvalue weighted by Crippen LogP contribution is 2.10. The summed E-state index contributed by atoms with van der Waals surface area (Å²) in [5, 5.41) is 0. The van der Waals surface area contributed by atoms with E-state index in [1.54, 1.807) is 48.5 Å². The van der Waals surface area contributed by atoms with Crippen LogP contribution in [0, 0.1) is 0 Å². The summed E-state index contributed by atoms with van der Waals surface area (Å²) in [7, 11) is 0. The van der Waals surface area contributed by atoms with Crippen molar-refractivity contribution in [1.29, 1.82) is 0 Å². The van der Waals surface area contributed by atoms with Gasteiger partial charge in [-0.15, -0.1) is 0 Å². The molecule has 0 aromatic carbocycles. The van der Waals surface area contributed by atoms with Gasteiger partial charge in [0.1, 0.15) is 17.0 Å². The van der Waals surface area contributed by atoms with Crippen molar-refractivity contribution in [3.63, 3.8) is 0 Å². The zero-order chi connectivity index (χ0) is 19.0. The summed E-state index contributed by atoms with van der Waals surface area (Å²) in [4.78, 5) is 33.0. The van der Waals surface area contributed by atoms with E-state index in [9.17, 15) is 9.59 Å². The zero-order valence-electron chi connectivity index (χ0n) is 15.4. The van der Waals surface area contributed by atoms with Gasteiger partial charge in [0.05, 0.1) is 0 Å². The second kappa shape index (κ2) is 9.05. The van der Waals surface area contributed by atoms with Gasteiger partial charge < -0.3 is 19.1 Å². The summed E-state index contributed by atoms with van der Waals surface area (Å²) in [6.07, 6.45) is 0.391. The maximum Gasteiger partial charge on any atom is 0.441 e. The molecule has 24 heavy (non-hydrogen) atoms. The molecule has 138 valence electrons. The Bertz CT molecular complexity index is 486. The average molecular weight is 344 g/mol. The predicted molar refractivity (Wildman–Crippen MR) is 88.4 cm³/mol. The Balaban J connectivity index is 4.38. The molecule has 0 aromatic heterocycles. The number of ether oxygens (including phenoxy) is 2. The fourth-order valence-corrected chi connectivity index (χ4v) is 1.22. The molecule has 0 fully saturated rings. The Morgan fingerprint density at radius 1 is 0.917 bits per heavy atom. The minimum atomic E-state index is -0.747. The normalized spacial score (nSPS) is 12.0. The van der Waals surface area contributed by atoms with Crippen LogP contribution < -0.4 is 11.0 Å². The lowest BCUT2D eigenvalue weighted by Gasteiger charge is -2.20. The van der Waals surface area contributed by atoms with E-state index in [0.717, 1.165) is 0 Å². The van der Waals surface area contributed by atoms with Crippen molar-refractivity contribution >= 4 is 12.2 Å². The van der Waals surface area contributed by atoms with Crippen LogP contribution in [0.25, 0.3) is 0 Å². The van der Waals surface area contributed by atoms with Crippen molar-refractivity contribution in [3.05, 3.63) is 24.2 Å². The molecule has 8 heteroatoms. The van der Waals surface area contributed by atoms with E-state index in [2.05, 4.69) is 17.5 Å². The molecule has 0 saturated heterocycles. The van der Waals surface area contributed by atoms with Gasteiger partial charge in [-0.3, -0.25) is 0 Å². The van der Waals surface area contributed by atoms with Gasteiger partial charge in [-0.05, 0) is 41.5 Å². The number of hydrogen-bond donors (Lipinski definition) is 2. The summed E-state index contributed by atoms with van der Waals surface area (Å²) in [6, 6.07) is 0. The van der Waals surface area contributed by atoms with Gasteiger partial charge >= 0.3 is 12.2 Å². The van der Waals surface area contributed by atoms with Gasteiger partial charge in [-0.25, -0.2) is 9.59 Å². The predicted octanol–water partition coefficient (Wildman–Crippen LogP) is 3.71. The van der Waals surface area contributed by atoms with Crippen molar-refractivity contribution in [3.8, 4) is 0 Å². The highest BCUT2D eigenvalue weighted by atomic mass is 16.7. The lowest BCUT2D eigenvalue weighted by atomic mass is 10.2. The standard InChI is InChI=1S/C16H28N2O6/c1-9-12(24-18-14(20)22-16(6,7)8)10-11(2)23-17-13(19)21-15(3,4)5/h10H,2,9H2,1,3-8H3,(H,17,19)(H,18,20)/b12-10+. The maximum atomic E-state index is 11.5. The third kappa shape index (κ3) is 12.2. The Hall–Kier alpha value is -2.38. The van der Waals surface area contributed by atoms with Crippen LogP contribution in [0.5, 0.6) is 0 Å². The third-order valence-electron chi connectivity index (χ3n) is 2.00. The molecular weight excluding hydrogens is 316 g/mol. The number of allylic oxidation sites excluding steroid dienone is 2. The second-order valence-electron chi connectivity index (χ2n) is 6.84. The molecule has 8 nitrogen and oxygen atoms in total. The molecule has 0 atom stereocenters. The topological polar surface area (TPSA) is 95.1 Å². The molecule has 0 heterocycles. The summed E-state index contributed by atoms with van der Waals surface area (Å²) in [6.45, 7) is 15.8. The number of hydrogen-bond acceptors (Lipinski definition) is 6. The first-order valence-electron chi connectivity index (χ1n) is 7.53. The first-order chi connectivity index (χ1) is 10.8. The molecule has 0 spiro atoms. The number of nitrogens with one attached hydrogen (secondary N) is 2. The Labute approximate surface area is 143 Å². The van der Waals surface area contributed by atoms with E-state index in [-0.39, 0.29) is 5.76 Å². The van der Waals surface area contributed by atoms with Crippen molar-refractivity contribution in [2.75, 3.05) is 0 Å². The van der Waals surface area contributed by atoms with Gasteiger partial charge in [-0.1, -0.05) is 13.5 Å². The van der Waals surface area contributed by atoms with Crippen molar-refractivity contribution in [2.45, 2.75) is 66.1 Å². The fraction of sp³-hybridized carbons (Fsp3) is 0.625. The van der Waals surface area contributed by atoms with Crippen LogP contribution >= 0.6 is 0 Å². The first-order valence-corrected chi connectivity index (χ1v) is 7.53. The highest BCUT2D eigenvalue weighted by molar-refractivity contribution is 5.66. The minimum Gasteiger partial charge on any atom is -0.442 e. The number of hydroxylamine groups is 2. The summed E-state index contributed by atoms with van der Waals surface area (Å²) in [5.41, 5.74) is 2.97. The van der Waals surface area contributed by atoms with E-state index >= 15 is 0 Å². The SMILES string of the molecule is C=C(/C=C(\CC)ONC(=O)OC(C)(C)C)ONC(=O)OC(C)(C)C. The Morgan fingerprint density at radius 2 is 1.33 bits per heavy atom. The number of carbonyl (C=O) groups excluding carboxylic acids is 2. The van der Waals surface area contributed by atoms with Crippen LogP contribution in [0.3, 0.4) is 0 Å². The lowest BCUT2D eigenvalue weighted by molar-refractivity contribution is 0.00952. The monoisotopic (exact) mass is 344 g/mol. The van der Waals surface area contributed by atoms with E-state index in [1.165, 1.54) is 6.08 Å². The quantitative estimate of drug-likeness (QED) is 0.433. The largest absolute Gasteiger partial charge is 0.442 e. The molecule has 2 amide bonds. The van der Waals surface area contributed by atoms with Crippen molar-refractivity contribution in [1.82, 2.24) is 11.0 Å². The van der Waals surface area contributed by atoms with Crippen LogP contribution in [0.2, 0.25) is 0 Å². The number of amides is 2. The Morgan fingerprint density at radius 3 is 1.71 bits per heavy atom. The molecule has 0 aromatic rings. The van der Waals surface area contributed by atoms with Gasteiger partial charge in [0.15, 0.2) is 5.76 Å². The summed E-state index contributed by atoms with van der Waals surface area (Å²) in [5.74, 6) is 0.459. The van der Waals surface area contributed by atoms with Gasteiger partial charge in [0.25, 0.3) is 0 Å². The van der Waals surface area contributed by atoms with Gasteiger partial charge in [0.2, 0.25) is 0 Å². The van der Waals surface area contributed by atoms with E-state index in [0.29, 0.717) is 12.2 Å². The average Bonchev–Trinajstić information content (AvgIpc) is 2.37. The molecule has 0 unspecified atom stereocenters. The minimum absolute atomic E-state index is 0.101. The van der Waals surface area contributed by atoms with E-state index < -0.39 is 23.4 Å². The molecular formula is C16H28N2O6. The fourth-order valence-electron chi connectivity index (χ4n) is 1.22. The van der Waals surface area contributed by atoms with Crippen LogP contribution in [0.15, 0.2) is 24.2 Å². The molecule has 0 rings (SSSR count). The summed E-state index contributed by atoms with van der Waals surface area (Å²) >= 11 is 0. The molecule has 0 aliphatic rings. The third-order valence-corrected chi connectivity index (χ3v) is 2.00. The number of rotatable bonds is 6. The molecule has 0 bridgehead atoms. The van der Waals surface area contributed by atoms with Crippen LogP contribution in [0.4, 0.5) is 9.59 Å². The molecule has 0 aliphatic heterocycles. The molecule has 0 aliphatic carbocycles. The van der Waals surface area contributed by atoms with Gasteiger partial charge in [0, 0.05) is 12.5 Å². The van der Waals surface area contributed by atoms with Crippen molar-refractivity contribution < 1.29 is 28.7 Å².